The Bertz CT molecular complexity index is 1260. The number of sulfonamides is 2. The fourth-order valence-electron chi connectivity index (χ4n) is 3.73. The first kappa shape index (κ1) is 25.0. The molecule has 1 aliphatic carbocycles. The van der Waals surface area contributed by atoms with Gasteiger partial charge in [0.2, 0.25) is 20.0 Å². The number of carbonyl (C=O) groups excluding carboxylic acids is 1. The van der Waals surface area contributed by atoms with Crippen LogP contribution in [0.4, 0.5) is 18.0 Å². The zero-order valence-corrected chi connectivity index (χ0v) is 19.1. The van der Waals surface area contributed by atoms with E-state index in [9.17, 15) is 34.8 Å². The molecule has 2 amide bonds. The third-order valence-electron chi connectivity index (χ3n) is 4.92. The molecule has 1 heterocycles. The lowest BCUT2D eigenvalue weighted by atomic mass is 10.1. The zero-order chi connectivity index (χ0) is 24.8. The third-order valence-corrected chi connectivity index (χ3v) is 8.08. The maximum atomic E-state index is 13.0. The molecule has 1 atom stereocenters. The van der Waals surface area contributed by atoms with Gasteiger partial charge in [0.25, 0.3) is 0 Å². The van der Waals surface area contributed by atoms with Gasteiger partial charge in [0.05, 0.1) is 25.7 Å². The number of rotatable bonds is 6. The average molecular weight is 511 g/mol. The van der Waals surface area contributed by atoms with E-state index in [1.54, 1.807) is 18.2 Å². The summed E-state index contributed by atoms with van der Waals surface area (Å²) in [5.41, 5.74) is 0.716. The molecule has 0 bridgehead atoms. The number of alkyl halides is 3. The Morgan fingerprint density at radius 1 is 1.18 bits per heavy atom. The van der Waals surface area contributed by atoms with Crippen LogP contribution in [0, 0.1) is 0 Å². The number of fused-ring (bicyclic) bond motifs is 1. The van der Waals surface area contributed by atoms with Crippen LogP contribution in [0.25, 0.3) is 0 Å². The lowest BCUT2D eigenvalue weighted by molar-refractivity contribution is -0.142. The van der Waals surface area contributed by atoms with Crippen molar-refractivity contribution in [2.24, 2.45) is 0 Å². The van der Waals surface area contributed by atoms with E-state index in [0.717, 1.165) is 22.0 Å². The summed E-state index contributed by atoms with van der Waals surface area (Å²) in [6, 6.07) is 3.26. The summed E-state index contributed by atoms with van der Waals surface area (Å²) in [6.07, 6.45) is -1.79. The Balaban J connectivity index is 1.74. The first-order valence-electron chi connectivity index (χ1n) is 9.45. The van der Waals surface area contributed by atoms with E-state index < -0.39 is 50.6 Å². The highest BCUT2D eigenvalue weighted by Crippen LogP contribution is 2.31. The van der Waals surface area contributed by atoms with E-state index in [0.29, 0.717) is 24.5 Å². The zero-order valence-electron chi connectivity index (χ0n) is 17.5. The van der Waals surface area contributed by atoms with E-state index in [-0.39, 0.29) is 22.2 Å². The number of nitrogens with one attached hydrogen (secondary N) is 1. The molecule has 182 valence electrons. The van der Waals surface area contributed by atoms with Crippen LogP contribution in [0.15, 0.2) is 24.4 Å². The molecule has 0 fully saturated rings. The highest BCUT2D eigenvalue weighted by Gasteiger charge is 2.37. The molecule has 10 nitrogen and oxygen atoms in total. The number of benzene rings is 1. The van der Waals surface area contributed by atoms with Gasteiger partial charge in [-0.3, -0.25) is 4.68 Å². The first-order valence-corrected chi connectivity index (χ1v) is 13.1. The smallest absolute Gasteiger partial charge is 0.392 e. The number of hydrogen-bond donors (Lipinski definition) is 2. The van der Waals surface area contributed by atoms with Crippen molar-refractivity contribution in [2.75, 3.05) is 12.5 Å². The Kier molecular flexibility index (Phi) is 6.52. The predicted molar refractivity (Wildman–Crippen MR) is 110 cm³/mol. The monoisotopic (exact) mass is 510 g/mol. The van der Waals surface area contributed by atoms with Crippen LogP contribution < -0.4 is 5.32 Å². The van der Waals surface area contributed by atoms with Crippen molar-refractivity contribution in [2.45, 2.75) is 38.2 Å². The average Bonchev–Trinajstić information content (AvgIpc) is 3.21. The molecule has 15 heteroatoms. The molecular formula is C18H21F3N4O6S2. The Labute approximate surface area is 188 Å². The number of halogens is 3. The number of urea groups is 1. The van der Waals surface area contributed by atoms with Gasteiger partial charge in [-0.1, -0.05) is 18.2 Å². The quantitative estimate of drug-likeness (QED) is 0.587. The van der Waals surface area contributed by atoms with Gasteiger partial charge in [-0.2, -0.15) is 18.3 Å². The molecular weight excluding hydrogens is 489 g/mol. The molecule has 0 unspecified atom stereocenters. The van der Waals surface area contributed by atoms with Gasteiger partial charge in [-0.15, -0.1) is 3.71 Å². The molecule has 0 radical (unpaired) electrons. The molecule has 3 rings (SSSR count). The number of amides is 2. The van der Waals surface area contributed by atoms with Crippen LogP contribution in [0.2, 0.25) is 0 Å². The fraction of sp³-hybridized carbons (Fsp3) is 0.444. The minimum atomic E-state index is -4.70. The van der Waals surface area contributed by atoms with Crippen LogP contribution in [0.5, 0.6) is 0 Å². The summed E-state index contributed by atoms with van der Waals surface area (Å²) in [6.45, 7) is -0.804. The summed E-state index contributed by atoms with van der Waals surface area (Å²) in [7, 11) is -8.72. The lowest BCUT2D eigenvalue weighted by Gasteiger charge is -2.20. The van der Waals surface area contributed by atoms with E-state index in [1.165, 1.54) is 0 Å². The van der Waals surface area contributed by atoms with Crippen LogP contribution in [0.1, 0.15) is 27.9 Å². The normalized spacial score (nSPS) is 16.5. The summed E-state index contributed by atoms with van der Waals surface area (Å²) in [5, 5.41) is 15.1. The molecule has 0 saturated heterocycles. The second kappa shape index (κ2) is 8.61. The van der Waals surface area contributed by atoms with Crippen LogP contribution >= 0.6 is 0 Å². The van der Waals surface area contributed by atoms with E-state index in [2.05, 4.69) is 10.4 Å². The highest BCUT2D eigenvalue weighted by atomic mass is 32.3. The maximum Gasteiger partial charge on any atom is 0.435 e. The van der Waals surface area contributed by atoms with Crippen molar-refractivity contribution in [1.29, 1.82) is 0 Å². The van der Waals surface area contributed by atoms with Crippen molar-refractivity contribution in [3.05, 3.63) is 52.3 Å². The van der Waals surface area contributed by atoms with Gasteiger partial charge in [0, 0.05) is 17.8 Å². The standard InChI is InChI=1S/C18H21F3N4O6S2/c1-32(28,29)25(33(2,30)31)17(27)22-15-6-12-4-3-11(5-13(12)7-15)8-24-9-14(10-26)16(23-24)18(19,20)21/h3-5,9,15,26H,6-8,10H2,1-2H3,(H,22,27)/t15-/m0/s1. The van der Waals surface area contributed by atoms with Gasteiger partial charge in [0.15, 0.2) is 5.69 Å². The fourth-order valence-corrected chi connectivity index (χ4v) is 6.41. The number of aliphatic hydroxyl groups is 1. The van der Waals surface area contributed by atoms with Gasteiger partial charge in [-0.05, 0) is 29.5 Å². The van der Waals surface area contributed by atoms with Crippen molar-refractivity contribution < 1.29 is 39.9 Å². The maximum absolute atomic E-state index is 13.0. The Hall–Kier alpha value is -2.65. The molecule has 33 heavy (non-hydrogen) atoms. The van der Waals surface area contributed by atoms with Crippen molar-refractivity contribution in [3.8, 4) is 0 Å². The van der Waals surface area contributed by atoms with Crippen LogP contribution in [0.3, 0.4) is 0 Å². The molecule has 2 aromatic rings. The SMILES string of the molecule is CS(=O)(=O)N(C(=O)N[C@H]1Cc2ccc(Cn3cc(CO)c(C(F)(F)F)n3)cc2C1)S(C)(=O)=O. The molecule has 1 aliphatic rings. The van der Waals surface area contributed by atoms with E-state index in [1.807, 2.05) is 0 Å². The van der Waals surface area contributed by atoms with E-state index in [4.69, 9.17) is 5.11 Å². The Morgan fingerprint density at radius 2 is 1.79 bits per heavy atom. The van der Waals surface area contributed by atoms with Crippen molar-refractivity contribution >= 4 is 26.1 Å². The predicted octanol–water partition coefficient (Wildman–Crippen LogP) is 0.840. The molecule has 1 aromatic heterocycles. The Morgan fingerprint density at radius 3 is 2.30 bits per heavy atom. The second-order valence-electron chi connectivity index (χ2n) is 7.74. The molecule has 1 aromatic carbocycles. The molecule has 0 spiro atoms. The molecule has 0 aliphatic heterocycles. The number of carbonyl (C=O) groups is 1. The first-order chi connectivity index (χ1) is 15.1. The van der Waals surface area contributed by atoms with Gasteiger partial charge >= 0.3 is 12.2 Å². The summed E-state index contributed by atoms with van der Waals surface area (Å²) in [4.78, 5) is 12.3. The second-order valence-corrected chi connectivity index (χ2v) is 11.6. The third kappa shape index (κ3) is 5.65. The minimum Gasteiger partial charge on any atom is -0.392 e. The molecule has 0 saturated carbocycles. The van der Waals surface area contributed by atoms with Crippen LogP contribution in [-0.4, -0.2) is 60.0 Å². The van der Waals surface area contributed by atoms with Gasteiger partial charge in [0.1, 0.15) is 0 Å². The number of aliphatic hydroxyl groups excluding tert-OH is 1. The summed E-state index contributed by atoms with van der Waals surface area (Å²) in [5.74, 6) is 0. The van der Waals surface area contributed by atoms with Crippen molar-refractivity contribution in [3.63, 3.8) is 0 Å². The van der Waals surface area contributed by atoms with Gasteiger partial charge in [-0.25, -0.2) is 21.6 Å². The number of aromatic nitrogens is 2. The topological polar surface area (TPSA) is 139 Å². The number of nitrogens with zero attached hydrogens (tertiary/aromatic N) is 3. The van der Waals surface area contributed by atoms with Crippen molar-refractivity contribution in [1.82, 2.24) is 18.8 Å². The number of hydrogen-bond acceptors (Lipinski definition) is 7. The van der Waals surface area contributed by atoms with Crippen LogP contribution in [-0.2, 0) is 52.2 Å². The summed E-state index contributed by atoms with van der Waals surface area (Å²) < 4.78 is 86.8. The van der Waals surface area contributed by atoms with E-state index >= 15 is 0 Å². The highest BCUT2D eigenvalue weighted by molar-refractivity contribution is 8.04. The summed E-state index contributed by atoms with van der Waals surface area (Å²) >= 11 is 0. The largest absolute Gasteiger partial charge is 0.435 e. The molecule has 2 N–H and O–H groups in total. The van der Waals surface area contributed by atoms with Gasteiger partial charge < -0.3 is 10.4 Å². The lowest BCUT2D eigenvalue weighted by Crippen LogP contribution is -2.49. The minimum absolute atomic E-state index is 0.00329.